The van der Waals surface area contributed by atoms with Gasteiger partial charge in [-0.15, -0.1) is 0 Å². The number of hydrogen-bond donors (Lipinski definition) is 11. The summed E-state index contributed by atoms with van der Waals surface area (Å²) in [5.74, 6) is 6.19. The number of carbonyl (C=O) groups excluding carboxylic acids is 9. The number of aliphatic hydroxyl groups is 2. The highest BCUT2D eigenvalue weighted by atomic mass is 32.2. The predicted molar refractivity (Wildman–Crippen MR) is 562 cm³/mol. The summed E-state index contributed by atoms with van der Waals surface area (Å²) in [4.78, 5) is 121. The van der Waals surface area contributed by atoms with E-state index in [1.165, 1.54) is 48.8 Å². The van der Waals surface area contributed by atoms with Gasteiger partial charge in [0.2, 0.25) is 35.4 Å². The second-order valence-electron chi connectivity index (χ2n) is 46.3. The molecule has 4 aromatic rings. The summed E-state index contributed by atoms with van der Waals surface area (Å²) in [6.45, 7) is 25.8. The average Bonchev–Trinajstić information content (AvgIpc) is 1.55. The number of hydrogen-bond acceptors (Lipinski definition) is 17. The van der Waals surface area contributed by atoms with Crippen molar-refractivity contribution in [1.82, 2.24) is 52.3 Å². The quantitative estimate of drug-likeness (QED) is 0.00853. The number of nitrogens with two attached hydrogens (primary N) is 1. The molecule has 0 unspecified atom stereocenters. The average molecular weight is 1980 g/mol. The molecule has 14 aliphatic rings. The maximum Gasteiger partial charge on any atom is 0.315 e. The lowest BCUT2D eigenvalue weighted by Gasteiger charge is -2.49. The fraction of sp³-hybridized carbons (Fsp3) is 0.653. The molecule has 12 N–H and O–H groups in total. The van der Waals surface area contributed by atoms with Crippen LogP contribution in [0.2, 0.25) is 0 Å². The number of urea groups is 1. The van der Waals surface area contributed by atoms with Gasteiger partial charge in [0.05, 0.1) is 53.7 Å². The fourth-order valence-corrected chi connectivity index (χ4v) is 31.0. The Bertz CT molecular complexity index is 5280. The van der Waals surface area contributed by atoms with Gasteiger partial charge in [-0.25, -0.2) is 4.79 Å². The lowest BCUT2D eigenvalue weighted by molar-refractivity contribution is -0.129. The summed E-state index contributed by atoms with van der Waals surface area (Å²) < 4.78 is 14.7. The number of ether oxygens (including phenoxy) is 2. The Hall–Kier alpha value is -8.66. The maximum atomic E-state index is 13.8. The number of likely N-dealkylation sites (tertiary alicyclic amines) is 2. The summed E-state index contributed by atoms with van der Waals surface area (Å²) in [6.07, 6.45) is 34.0. The van der Waals surface area contributed by atoms with E-state index in [4.69, 9.17) is 15.2 Å². The number of nitrogens with zero attached hydrogens (tertiary/aromatic N) is 2. The Labute approximate surface area is 854 Å². The molecule has 6 saturated heterocycles. The Balaban J connectivity index is 0.000000207. The van der Waals surface area contributed by atoms with Crippen molar-refractivity contribution in [1.29, 1.82) is 0 Å². The molecule has 25 atom stereocenters. The molecule has 0 bridgehead atoms. The van der Waals surface area contributed by atoms with E-state index in [1.54, 1.807) is 65.3 Å². The van der Waals surface area contributed by atoms with Crippen LogP contribution >= 0.6 is 11.8 Å². The molecule has 776 valence electrons. The van der Waals surface area contributed by atoms with E-state index in [2.05, 4.69) is 120 Å². The van der Waals surface area contributed by atoms with E-state index in [-0.39, 0.29) is 124 Å². The molecular formula is C118H165N11O13S. The highest BCUT2D eigenvalue weighted by molar-refractivity contribution is 8.00. The number of amides is 8. The zero-order valence-corrected chi connectivity index (χ0v) is 87.4. The number of rotatable bonds is 40. The Morgan fingerprint density at radius 3 is 1.39 bits per heavy atom. The number of carbonyl (C=O) groups is 9. The first-order chi connectivity index (χ1) is 69.0. The summed E-state index contributed by atoms with van der Waals surface area (Å²) in [7, 11) is 0. The van der Waals surface area contributed by atoms with Crippen LogP contribution in [-0.4, -0.2) is 215 Å². The summed E-state index contributed by atoms with van der Waals surface area (Å²) >= 11 is 1.89. The monoisotopic (exact) mass is 1980 g/mol. The molecule has 0 aromatic heterocycles. The van der Waals surface area contributed by atoms with Gasteiger partial charge in [-0.1, -0.05) is 211 Å². The van der Waals surface area contributed by atoms with Crippen LogP contribution in [0.1, 0.15) is 304 Å². The van der Waals surface area contributed by atoms with Crippen LogP contribution in [-0.2, 0) is 51.1 Å². The molecule has 6 aliphatic heterocycles. The SMILES string of the molecule is CC1=C2C[C@H]3[C@@H](CC=C4C[C@@H](O)CC[C@@]43C)[C@@H]2CC[C@]12O[C@@H]1C[C@H](C)CN(CCNC(=O)CCCCCNC(=O)[C@@H](N)Cc3ccc(C(=O)c4ccccc4)cc3)[C@H]1[C@H]2C.CC1=C2C[C@H]3[C@@H](CC=C4C[C@@H](O)CC[C@@]43C)[C@@H]2CC[C@]12O[C@@H]1C[C@H](C)CN(CCNC(=O)CCCCCNC(=O)[C@H](Cc3ccc(C(=O)c4ccccc4)cc3)NC(=O)CCCCCNC(=O)CCCC[C@@H]3SC[C@@H]4NC(=O)N[C@@H]43)[C@H]1[C@H]2C. The standard InChI is InChI=1S/C67H95N7O8S.C51H70N4O5/c1-42-36-56-62(44(3)67(82-56)31-29-50-51-27-26-48-38-49(75)28-30-66(48,4)53(51)39-52(50)43(67)2)74(40-42)35-34-69-59(77)19-10-6-15-33-70-64(80)54(37-45-22-24-47(25-23-45)63(79)46-16-8-5-9-17-46)71-60(78)21-11-7-14-32-68-58(76)20-13-12-18-57-61-55(41-83-57)72-65(81)73-61;1-32-27-45-47(34(3)51(60-45)23-21-40-41-19-18-38-29-39(56)20-22-50(38,4)43(41)30-42(40)33(51)2)55(31-32)26-25-53-46(57)13-9-6-10-24-54-49(59)44(52)28-35-14-16-37(17-15-35)48(58)36-11-7-5-8-12-36/h5,8-9,16-17,22-26,42,44,49-51,53-57,61-62,75H,6-7,10-15,18-21,27-41H2,1-4H3,(H,68,76)(H,69,77)(H,70,80)(H,71,78)(H2,72,73,81);5,7-8,11-12,14-18,32,34,39-41,43-45,47,56H,6,9-10,13,19-31,52H2,1-4H3,(H,53,57)(H,54,59)/t42-,44+,49-,50-,51-,53-,54-,55-,56+,57-,61-,62-,66-,67-;32-,34+,39-,40-,41-,43-,44-,45+,47-,50-,51-/m00/s1. The zero-order chi connectivity index (χ0) is 100. The highest BCUT2D eigenvalue weighted by Crippen LogP contribution is 2.68. The minimum absolute atomic E-state index is 0.0299. The molecule has 4 saturated carbocycles. The first kappa shape index (κ1) is 106. The van der Waals surface area contributed by atoms with Crippen molar-refractivity contribution < 1.29 is 62.8 Å². The van der Waals surface area contributed by atoms with Gasteiger partial charge < -0.3 is 68.0 Å². The topological polar surface area (TPSA) is 341 Å². The number of piperidine rings is 2. The first-order valence-electron chi connectivity index (χ1n) is 55.4. The predicted octanol–water partition coefficient (Wildman–Crippen LogP) is 16.2. The van der Waals surface area contributed by atoms with Crippen LogP contribution in [0, 0.1) is 70.0 Å². The zero-order valence-electron chi connectivity index (χ0n) is 86.5. The number of nitrogens with one attached hydrogen (secondary N) is 8. The molecule has 143 heavy (non-hydrogen) atoms. The van der Waals surface area contributed by atoms with Crippen molar-refractivity contribution in [2.75, 3.05) is 64.7 Å². The van der Waals surface area contributed by atoms with Gasteiger partial charge in [-0.05, 0) is 255 Å². The lowest BCUT2D eigenvalue weighted by Crippen LogP contribution is -2.54. The highest BCUT2D eigenvalue weighted by Gasteiger charge is 2.65. The van der Waals surface area contributed by atoms with Gasteiger partial charge in [0.1, 0.15) is 6.04 Å². The second kappa shape index (κ2) is 47.2. The van der Waals surface area contributed by atoms with Crippen molar-refractivity contribution in [2.24, 2.45) is 75.7 Å². The molecule has 2 spiro atoms. The number of allylic oxidation sites excluding steroid dienone is 4. The third kappa shape index (κ3) is 23.9. The van der Waals surface area contributed by atoms with E-state index in [0.717, 1.165) is 177 Å². The molecule has 25 heteroatoms. The molecule has 10 fully saturated rings. The molecule has 24 nitrogen and oxygen atoms in total. The van der Waals surface area contributed by atoms with Crippen LogP contribution in [0.5, 0.6) is 0 Å². The van der Waals surface area contributed by atoms with Gasteiger partial charge in [-0.3, -0.25) is 48.2 Å². The van der Waals surface area contributed by atoms with Gasteiger partial charge in [0.15, 0.2) is 11.6 Å². The number of benzene rings is 4. The number of fused-ring (bicyclic) bond motifs is 13. The third-order valence-electron chi connectivity index (χ3n) is 37.3. The van der Waals surface area contributed by atoms with Crippen molar-refractivity contribution in [3.8, 4) is 0 Å². The largest absolute Gasteiger partial charge is 0.393 e. The van der Waals surface area contributed by atoms with Crippen LogP contribution < -0.4 is 48.3 Å². The number of unbranched alkanes of at least 4 members (excludes halogenated alkanes) is 7. The van der Waals surface area contributed by atoms with Crippen molar-refractivity contribution >= 4 is 64.8 Å². The Morgan fingerprint density at radius 2 is 0.916 bits per heavy atom. The first-order valence-corrected chi connectivity index (χ1v) is 56.5. The van der Waals surface area contributed by atoms with Crippen molar-refractivity contribution in [3.63, 3.8) is 0 Å². The summed E-state index contributed by atoms with van der Waals surface area (Å²) in [5.41, 5.74) is 19.8. The molecule has 18 rings (SSSR count). The van der Waals surface area contributed by atoms with E-state index < -0.39 is 12.1 Å². The smallest absolute Gasteiger partial charge is 0.315 e. The summed E-state index contributed by atoms with van der Waals surface area (Å²) in [6, 6.07) is 32.3. The van der Waals surface area contributed by atoms with E-state index >= 15 is 0 Å². The van der Waals surface area contributed by atoms with Gasteiger partial charge in [0, 0.05) is 148 Å². The normalized spacial score (nSPS) is 32.7. The number of aliphatic hydroxyl groups excluding tert-OH is 2. The Morgan fingerprint density at radius 1 is 0.490 bits per heavy atom. The van der Waals surface area contributed by atoms with Crippen LogP contribution in [0.3, 0.4) is 0 Å². The number of thioether (sulfide) groups is 1. The van der Waals surface area contributed by atoms with E-state index in [1.807, 2.05) is 72.4 Å². The lowest BCUT2D eigenvalue weighted by atomic mass is 9.56. The third-order valence-corrected chi connectivity index (χ3v) is 38.8. The molecule has 4 aromatic carbocycles. The Kier molecular flexibility index (Phi) is 34.9. The van der Waals surface area contributed by atoms with Crippen molar-refractivity contribution in [3.05, 3.63) is 188 Å². The van der Waals surface area contributed by atoms with Crippen LogP contribution in [0.25, 0.3) is 0 Å². The van der Waals surface area contributed by atoms with Crippen LogP contribution in [0.4, 0.5) is 4.79 Å². The molecular weight excluding hydrogens is 1810 g/mol. The maximum absolute atomic E-state index is 13.8. The fourth-order valence-electron chi connectivity index (χ4n) is 29.5. The van der Waals surface area contributed by atoms with Gasteiger partial charge in [0.25, 0.3) is 0 Å². The molecule has 0 radical (unpaired) electrons. The van der Waals surface area contributed by atoms with Gasteiger partial charge >= 0.3 is 6.03 Å². The molecule has 8 amide bonds. The minimum atomic E-state index is -0.816. The van der Waals surface area contributed by atoms with E-state index in [9.17, 15) is 53.4 Å². The number of ketones is 2. The molecule has 6 heterocycles. The van der Waals surface area contributed by atoms with Crippen LogP contribution in [0.15, 0.2) is 155 Å². The summed E-state index contributed by atoms with van der Waals surface area (Å²) in [5, 5.41) is 45.9. The second-order valence-corrected chi connectivity index (χ2v) is 47.5. The molecule has 8 aliphatic carbocycles. The van der Waals surface area contributed by atoms with Gasteiger partial charge in [-0.2, -0.15) is 11.8 Å². The van der Waals surface area contributed by atoms with Crippen molar-refractivity contribution in [2.45, 2.75) is 351 Å². The minimum Gasteiger partial charge on any atom is -0.393 e. The van der Waals surface area contributed by atoms with E-state index in [0.29, 0.717) is 171 Å².